The molecule has 3 N–H and O–H groups in total. The number of rotatable bonds is 6. The van der Waals surface area contributed by atoms with Crippen LogP contribution in [0, 0.1) is 12.7 Å². The third-order valence-corrected chi connectivity index (χ3v) is 2.54. The summed E-state index contributed by atoms with van der Waals surface area (Å²) in [5.41, 5.74) is 4.71. The highest BCUT2D eigenvalue weighted by molar-refractivity contribution is 5.27. The fraction of sp³-hybridized carbons (Fsp3) is 0.500. The van der Waals surface area contributed by atoms with Crippen molar-refractivity contribution in [3.05, 3.63) is 35.1 Å². The first-order chi connectivity index (χ1) is 7.67. The van der Waals surface area contributed by atoms with Gasteiger partial charge in [0.15, 0.2) is 0 Å². The van der Waals surface area contributed by atoms with Gasteiger partial charge in [-0.25, -0.2) is 4.39 Å². The minimum absolute atomic E-state index is 0.0143. The summed E-state index contributed by atoms with van der Waals surface area (Å²) >= 11 is 0. The van der Waals surface area contributed by atoms with Crippen molar-refractivity contribution in [1.82, 2.24) is 5.43 Å². The van der Waals surface area contributed by atoms with E-state index in [0.717, 1.165) is 11.1 Å². The number of aryl methyl sites for hydroxylation is 1. The van der Waals surface area contributed by atoms with E-state index in [1.54, 1.807) is 12.1 Å². The van der Waals surface area contributed by atoms with Gasteiger partial charge in [-0.15, -0.1) is 0 Å². The number of nitrogens with one attached hydrogen (secondary N) is 1. The molecular formula is C12H19FN2O. The van der Waals surface area contributed by atoms with Crippen molar-refractivity contribution in [1.29, 1.82) is 0 Å². The third-order valence-electron chi connectivity index (χ3n) is 2.54. The Balaban J connectivity index is 2.65. The second kappa shape index (κ2) is 6.58. The van der Waals surface area contributed by atoms with Crippen LogP contribution in [0.15, 0.2) is 18.2 Å². The first-order valence-electron chi connectivity index (χ1n) is 5.46. The average molecular weight is 226 g/mol. The minimum Gasteiger partial charge on any atom is -0.380 e. The lowest BCUT2D eigenvalue weighted by molar-refractivity contribution is 0.122. The summed E-state index contributed by atoms with van der Waals surface area (Å²) in [7, 11) is 0. The Hall–Kier alpha value is -0.970. The monoisotopic (exact) mass is 226 g/mol. The summed E-state index contributed by atoms with van der Waals surface area (Å²) in [5.74, 6) is 5.21. The van der Waals surface area contributed by atoms with E-state index in [2.05, 4.69) is 5.43 Å². The van der Waals surface area contributed by atoms with Crippen LogP contribution in [0.3, 0.4) is 0 Å². The van der Waals surface area contributed by atoms with Crippen molar-refractivity contribution in [2.24, 2.45) is 5.84 Å². The highest BCUT2D eigenvalue weighted by atomic mass is 19.1. The molecule has 0 amide bonds. The van der Waals surface area contributed by atoms with E-state index < -0.39 is 0 Å². The van der Waals surface area contributed by atoms with Gasteiger partial charge in [0.2, 0.25) is 0 Å². The zero-order chi connectivity index (χ0) is 12.0. The molecule has 0 bridgehead atoms. The van der Waals surface area contributed by atoms with Crippen molar-refractivity contribution in [3.63, 3.8) is 0 Å². The van der Waals surface area contributed by atoms with Crippen LogP contribution in [0.2, 0.25) is 0 Å². The average Bonchev–Trinajstić information content (AvgIpc) is 2.28. The van der Waals surface area contributed by atoms with Crippen molar-refractivity contribution < 1.29 is 9.13 Å². The van der Waals surface area contributed by atoms with Crippen LogP contribution in [0.1, 0.15) is 18.1 Å². The lowest BCUT2D eigenvalue weighted by Crippen LogP contribution is -2.40. The molecule has 1 unspecified atom stereocenters. The molecule has 0 aliphatic carbocycles. The van der Waals surface area contributed by atoms with E-state index >= 15 is 0 Å². The quantitative estimate of drug-likeness (QED) is 0.571. The van der Waals surface area contributed by atoms with E-state index in [-0.39, 0.29) is 11.9 Å². The molecule has 0 saturated heterocycles. The van der Waals surface area contributed by atoms with E-state index in [0.29, 0.717) is 19.6 Å². The van der Waals surface area contributed by atoms with Crippen LogP contribution in [-0.2, 0) is 11.2 Å². The Bertz CT molecular complexity index is 331. The molecule has 16 heavy (non-hydrogen) atoms. The zero-order valence-corrected chi connectivity index (χ0v) is 9.79. The van der Waals surface area contributed by atoms with Gasteiger partial charge in [0.05, 0.1) is 6.61 Å². The molecule has 0 saturated carbocycles. The fourth-order valence-electron chi connectivity index (χ4n) is 1.55. The van der Waals surface area contributed by atoms with E-state index in [9.17, 15) is 4.39 Å². The molecule has 1 aromatic carbocycles. The molecule has 0 aliphatic heterocycles. The first-order valence-corrected chi connectivity index (χ1v) is 5.46. The molecule has 1 rings (SSSR count). The third kappa shape index (κ3) is 3.89. The summed E-state index contributed by atoms with van der Waals surface area (Å²) in [6.45, 7) is 5.08. The molecule has 1 atom stereocenters. The topological polar surface area (TPSA) is 47.3 Å². The lowest BCUT2D eigenvalue weighted by Gasteiger charge is -2.16. The van der Waals surface area contributed by atoms with Crippen LogP contribution >= 0.6 is 0 Å². The van der Waals surface area contributed by atoms with Crippen LogP contribution in [0.5, 0.6) is 0 Å². The molecule has 3 nitrogen and oxygen atoms in total. The second-order valence-corrected chi connectivity index (χ2v) is 3.80. The smallest absolute Gasteiger partial charge is 0.123 e. The van der Waals surface area contributed by atoms with Crippen molar-refractivity contribution in [2.75, 3.05) is 13.2 Å². The summed E-state index contributed by atoms with van der Waals surface area (Å²) in [4.78, 5) is 0. The van der Waals surface area contributed by atoms with Crippen molar-refractivity contribution in [2.45, 2.75) is 26.3 Å². The van der Waals surface area contributed by atoms with Crippen molar-refractivity contribution >= 4 is 0 Å². The van der Waals surface area contributed by atoms with Gasteiger partial charge < -0.3 is 4.74 Å². The molecule has 4 heteroatoms. The van der Waals surface area contributed by atoms with Crippen LogP contribution in [0.4, 0.5) is 4.39 Å². The largest absolute Gasteiger partial charge is 0.380 e. The summed E-state index contributed by atoms with van der Waals surface area (Å²) in [6, 6.07) is 4.80. The standard InChI is InChI=1S/C12H19FN2O/c1-3-16-8-12(15-14)7-10-6-11(13)5-4-9(10)2/h4-6,12,15H,3,7-8,14H2,1-2H3. The summed E-state index contributed by atoms with van der Waals surface area (Å²) < 4.78 is 18.4. The van der Waals surface area contributed by atoms with Gasteiger partial charge in [-0.3, -0.25) is 11.3 Å². The Morgan fingerprint density at radius 2 is 2.25 bits per heavy atom. The molecule has 0 spiro atoms. The minimum atomic E-state index is -0.215. The first kappa shape index (κ1) is 13.1. The van der Waals surface area contributed by atoms with Crippen molar-refractivity contribution in [3.8, 4) is 0 Å². The number of ether oxygens (including phenoxy) is 1. The van der Waals surface area contributed by atoms with Gasteiger partial charge in [0, 0.05) is 12.6 Å². The number of hydrazine groups is 1. The molecule has 0 aromatic heterocycles. The van der Waals surface area contributed by atoms with Gasteiger partial charge in [-0.05, 0) is 43.5 Å². The van der Waals surface area contributed by atoms with Gasteiger partial charge in [-0.2, -0.15) is 0 Å². The molecular weight excluding hydrogens is 207 g/mol. The predicted molar refractivity (Wildman–Crippen MR) is 62.4 cm³/mol. The number of hydrogen-bond acceptors (Lipinski definition) is 3. The maximum atomic E-state index is 13.1. The molecule has 0 aliphatic rings. The molecule has 0 radical (unpaired) electrons. The van der Waals surface area contributed by atoms with E-state index in [1.165, 1.54) is 6.07 Å². The van der Waals surface area contributed by atoms with Gasteiger partial charge in [0.25, 0.3) is 0 Å². The second-order valence-electron chi connectivity index (χ2n) is 3.80. The molecule has 0 fully saturated rings. The molecule has 1 aromatic rings. The van der Waals surface area contributed by atoms with E-state index in [1.807, 2.05) is 13.8 Å². The highest BCUT2D eigenvalue weighted by Gasteiger charge is 2.10. The Morgan fingerprint density at radius 1 is 1.50 bits per heavy atom. The summed E-state index contributed by atoms with van der Waals surface area (Å²) in [6.07, 6.45) is 0.667. The van der Waals surface area contributed by atoms with Crippen LogP contribution in [-0.4, -0.2) is 19.3 Å². The van der Waals surface area contributed by atoms with Gasteiger partial charge in [0.1, 0.15) is 5.82 Å². The van der Waals surface area contributed by atoms with Crippen LogP contribution < -0.4 is 11.3 Å². The maximum absolute atomic E-state index is 13.1. The molecule has 90 valence electrons. The van der Waals surface area contributed by atoms with Gasteiger partial charge >= 0.3 is 0 Å². The maximum Gasteiger partial charge on any atom is 0.123 e. The Labute approximate surface area is 95.8 Å². The highest BCUT2D eigenvalue weighted by Crippen LogP contribution is 2.12. The number of nitrogens with two attached hydrogens (primary N) is 1. The Kier molecular flexibility index (Phi) is 5.38. The summed E-state index contributed by atoms with van der Waals surface area (Å²) in [5, 5.41) is 0. The normalized spacial score (nSPS) is 12.8. The number of benzene rings is 1. The predicted octanol–water partition coefficient (Wildman–Crippen LogP) is 1.55. The number of hydrogen-bond donors (Lipinski definition) is 2. The zero-order valence-electron chi connectivity index (χ0n) is 9.79. The van der Waals surface area contributed by atoms with Gasteiger partial charge in [-0.1, -0.05) is 6.07 Å². The van der Waals surface area contributed by atoms with Crippen LogP contribution in [0.25, 0.3) is 0 Å². The Morgan fingerprint density at radius 3 is 2.88 bits per heavy atom. The lowest BCUT2D eigenvalue weighted by atomic mass is 10.0. The SMILES string of the molecule is CCOCC(Cc1cc(F)ccc1C)NN. The molecule has 0 heterocycles. The number of halogens is 1. The van der Waals surface area contributed by atoms with E-state index in [4.69, 9.17) is 10.6 Å². The fourth-order valence-corrected chi connectivity index (χ4v) is 1.55.